The molecule has 1 rings (SSSR count). The molecule has 8 heteroatoms. The number of amides is 2. The van der Waals surface area contributed by atoms with E-state index < -0.39 is 10.1 Å². The summed E-state index contributed by atoms with van der Waals surface area (Å²) in [5, 5.41) is 2.95. The Morgan fingerprint density at radius 2 is 1.80 bits per heavy atom. The van der Waals surface area contributed by atoms with Gasteiger partial charge in [0.05, 0.1) is 6.26 Å². The minimum Gasteiger partial charge on any atom is -0.385 e. The van der Waals surface area contributed by atoms with Gasteiger partial charge in [0.25, 0.3) is 0 Å². The first-order valence-corrected chi connectivity index (χ1v) is 9.86. The van der Waals surface area contributed by atoms with E-state index in [0.29, 0.717) is 19.7 Å². The molecular weight excluding hydrogens is 344 g/mol. The van der Waals surface area contributed by atoms with E-state index in [1.807, 2.05) is 20.8 Å². The molecule has 0 saturated heterocycles. The van der Waals surface area contributed by atoms with Crippen molar-refractivity contribution < 1.29 is 22.1 Å². The van der Waals surface area contributed by atoms with E-state index in [0.717, 1.165) is 18.2 Å². The van der Waals surface area contributed by atoms with Crippen LogP contribution in [-0.4, -0.2) is 51.4 Å². The van der Waals surface area contributed by atoms with Crippen molar-refractivity contribution >= 4 is 16.1 Å². The summed E-state index contributed by atoms with van der Waals surface area (Å²) in [4.78, 5) is 14.2. The van der Waals surface area contributed by atoms with Gasteiger partial charge in [-0.15, -0.1) is 0 Å². The van der Waals surface area contributed by atoms with E-state index in [1.54, 1.807) is 36.3 Å². The number of rotatable bonds is 8. The van der Waals surface area contributed by atoms with Gasteiger partial charge in [0.15, 0.2) is 0 Å². The van der Waals surface area contributed by atoms with Gasteiger partial charge >= 0.3 is 16.1 Å². The summed E-state index contributed by atoms with van der Waals surface area (Å²) in [6, 6.07) is 6.49. The van der Waals surface area contributed by atoms with Gasteiger partial charge in [-0.25, -0.2) is 4.79 Å². The highest BCUT2D eigenvalue weighted by Crippen LogP contribution is 2.16. The molecule has 142 valence electrons. The minimum atomic E-state index is -3.55. The van der Waals surface area contributed by atoms with Crippen molar-refractivity contribution in [2.45, 2.75) is 39.3 Å². The van der Waals surface area contributed by atoms with Crippen LogP contribution in [-0.2, 0) is 21.4 Å². The molecule has 1 aromatic carbocycles. The second kappa shape index (κ2) is 9.05. The zero-order valence-corrected chi connectivity index (χ0v) is 16.4. The molecular formula is C17H28N2O5S. The Bertz CT molecular complexity index is 651. The smallest absolute Gasteiger partial charge is 0.318 e. The average Bonchev–Trinajstić information content (AvgIpc) is 2.45. The quantitative estimate of drug-likeness (QED) is 0.559. The highest BCUT2D eigenvalue weighted by atomic mass is 32.2. The standard InChI is InChI=1S/C17H28N2O5S/c1-17(2,3)18-16(20)19(11-6-12-23-4)13-14-7-9-15(10-8-14)24-25(5,21)22/h7-10H,6,11-13H2,1-5H3,(H,18,20). The summed E-state index contributed by atoms with van der Waals surface area (Å²) in [6.45, 7) is 7.31. The Morgan fingerprint density at radius 3 is 2.28 bits per heavy atom. The van der Waals surface area contributed by atoms with Gasteiger partial charge in [0.2, 0.25) is 0 Å². The van der Waals surface area contributed by atoms with Crippen LogP contribution in [0, 0.1) is 0 Å². The highest BCUT2D eigenvalue weighted by Gasteiger charge is 2.19. The predicted molar refractivity (Wildman–Crippen MR) is 97.1 cm³/mol. The number of carbonyl (C=O) groups is 1. The van der Waals surface area contributed by atoms with Gasteiger partial charge in [-0.05, 0) is 44.9 Å². The maximum absolute atomic E-state index is 12.5. The molecule has 0 bridgehead atoms. The Hall–Kier alpha value is -1.80. The molecule has 0 saturated carbocycles. The Morgan fingerprint density at radius 1 is 1.20 bits per heavy atom. The summed E-state index contributed by atoms with van der Waals surface area (Å²) >= 11 is 0. The number of carbonyl (C=O) groups excluding carboxylic acids is 1. The second-order valence-electron chi connectivity index (χ2n) is 6.88. The normalized spacial score (nSPS) is 11.9. The molecule has 2 amide bonds. The van der Waals surface area contributed by atoms with Crippen LogP contribution >= 0.6 is 0 Å². The fourth-order valence-electron chi connectivity index (χ4n) is 2.10. The molecule has 0 heterocycles. The first-order chi connectivity index (χ1) is 11.5. The fourth-order valence-corrected chi connectivity index (χ4v) is 2.56. The largest absolute Gasteiger partial charge is 0.385 e. The van der Waals surface area contributed by atoms with E-state index in [4.69, 9.17) is 8.92 Å². The van der Waals surface area contributed by atoms with Gasteiger partial charge in [-0.1, -0.05) is 12.1 Å². The van der Waals surface area contributed by atoms with E-state index in [-0.39, 0.29) is 17.3 Å². The summed E-state index contributed by atoms with van der Waals surface area (Å²) in [7, 11) is -1.93. The molecule has 1 aromatic rings. The van der Waals surface area contributed by atoms with E-state index in [1.165, 1.54) is 0 Å². The van der Waals surface area contributed by atoms with Crippen LogP contribution in [0.2, 0.25) is 0 Å². The van der Waals surface area contributed by atoms with Crippen LogP contribution in [0.1, 0.15) is 32.8 Å². The number of methoxy groups -OCH3 is 1. The van der Waals surface area contributed by atoms with Crippen LogP contribution in [0.3, 0.4) is 0 Å². The third kappa shape index (κ3) is 9.31. The number of nitrogens with one attached hydrogen (secondary N) is 1. The maximum atomic E-state index is 12.5. The van der Waals surface area contributed by atoms with Crippen molar-refractivity contribution in [2.24, 2.45) is 0 Å². The van der Waals surface area contributed by atoms with Crippen LogP contribution in [0.5, 0.6) is 5.75 Å². The summed E-state index contributed by atoms with van der Waals surface area (Å²) < 4.78 is 32.1. The summed E-state index contributed by atoms with van der Waals surface area (Å²) in [5.41, 5.74) is 0.548. The predicted octanol–water partition coefficient (Wildman–Crippen LogP) is 2.37. The third-order valence-electron chi connectivity index (χ3n) is 3.09. The molecule has 0 aliphatic carbocycles. The van der Waals surface area contributed by atoms with Crippen LogP contribution in [0.25, 0.3) is 0 Å². The lowest BCUT2D eigenvalue weighted by molar-refractivity contribution is 0.161. The minimum absolute atomic E-state index is 0.153. The summed E-state index contributed by atoms with van der Waals surface area (Å²) in [5.74, 6) is 0.247. The Kier molecular flexibility index (Phi) is 7.69. The Balaban J connectivity index is 2.80. The highest BCUT2D eigenvalue weighted by molar-refractivity contribution is 7.86. The zero-order chi connectivity index (χ0) is 19.1. The van der Waals surface area contributed by atoms with Gasteiger partial charge in [-0.2, -0.15) is 8.42 Å². The molecule has 0 atom stereocenters. The number of urea groups is 1. The monoisotopic (exact) mass is 372 g/mol. The number of benzene rings is 1. The molecule has 25 heavy (non-hydrogen) atoms. The topological polar surface area (TPSA) is 84.9 Å². The zero-order valence-electron chi connectivity index (χ0n) is 15.5. The molecule has 7 nitrogen and oxygen atoms in total. The molecule has 1 N–H and O–H groups in total. The van der Waals surface area contributed by atoms with Gasteiger partial charge in [0.1, 0.15) is 5.75 Å². The third-order valence-corrected chi connectivity index (χ3v) is 3.59. The molecule has 0 aliphatic heterocycles. The van der Waals surface area contributed by atoms with Crippen LogP contribution in [0.15, 0.2) is 24.3 Å². The number of hydrogen-bond donors (Lipinski definition) is 1. The lowest BCUT2D eigenvalue weighted by atomic mass is 10.1. The van der Waals surface area contributed by atoms with Crippen LogP contribution in [0.4, 0.5) is 4.79 Å². The van der Waals surface area contributed by atoms with Crippen LogP contribution < -0.4 is 9.50 Å². The fraction of sp³-hybridized carbons (Fsp3) is 0.588. The van der Waals surface area contributed by atoms with Crippen molar-refractivity contribution in [3.63, 3.8) is 0 Å². The van der Waals surface area contributed by atoms with Gasteiger partial charge < -0.3 is 19.1 Å². The van der Waals surface area contributed by atoms with Crippen molar-refractivity contribution in [1.29, 1.82) is 0 Å². The molecule has 0 unspecified atom stereocenters. The Labute approximate surface area is 150 Å². The molecule has 0 spiro atoms. The van der Waals surface area contributed by atoms with E-state index in [2.05, 4.69) is 5.32 Å². The van der Waals surface area contributed by atoms with Gasteiger partial charge in [0, 0.05) is 32.3 Å². The number of ether oxygens (including phenoxy) is 1. The molecule has 0 radical (unpaired) electrons. The molecule has 0 aliphatic rings. The molecule has 0 aromatic heterocycles. The molecule has 0 fully saturated rings. The van der Waals surface area contributed by atoms with Crippen molar-refractivity contribution in [3.8, 4) is 5.75 Å². The maximum Gasteiger partial charge on any atom is 0.318 e. The summed E-state index contributed by atoms with van der Waals surface area (Å²) in [6.07, 6.45) is 1.72. The second-order valence-corrected chi connectivity index (χ2v) is 8.45. The lowest BCUT2D eigenvalue weighted by Crippen LogP contribution is -2.48. The number of nitrogens with zero attached hydrogens (tertiary/aromatic N) is 1. The lowest BCUT2D eigenvalue weighted by Gasteiger charge is -2.28. The number of hydrogen-bond acceptors (Lipinski definition) is 5. The average molecular weight is 372 g/mol. The van der Waals surface area contributed by atoms with E-state index >= 15 is 0 Å². The van der Waals surface area contributed by atoms with E-state index in [9.17, 15) is 13.2 Å². The first kappa shape index (κ1) is 21.2. The van der Waals surface area contributed by atoms with Crippen molar-refractivity contribution in [2.75, 3.05) is 26.5 Å². The SMILES string of the molecule is COCCCN(Cc1ccc(OS(C)(=O)=O)cc1)C(=O)NC(C)(C)C. The first-order valence-electron chi connectivity index (χ1n) is 8.04. The van der Waals surface area contributed by atoms with Crippen molar-refractivity contribution in [1.82, 2.24) is 10.2 Å². The van der Waals surface area contributed by atoms with Gasteiger partial charge in [-0.3, -0.25) is 0 Å². The van der Waals surface area contributed by atoms with Crippen molar-refractivity contribution in [3.05, 3.63) is 29.8 Å².